The fraction of sp³-hybridized carbons (Fsp3) is 0.130. The van der Waals surface area contributed by atoms with Crippen molar-refractivity contribution in [3.05, 3.63) is 100 Å². The van der Waals surface area contributed by atoms with Crippen molar-refractivity contribution >= 4 is 29.1 Å². The standard InChI is InChI=1S/C23H20ClF2N3O3/c24-19-11-18(8-9-20(19)25)29(22(30)14-32-13-15-4-2-1-3-5-15)12-17-7-6-16(10-21(17)26)23(31)28-27/h1-11H,12-14,27H2,(H,28,31). The number of rotatable bonds is 8. The Morgan fingerprint density at radius 1 is 1.00 bits per heavy atom. The monoisotopic (exact) mass is 459 g/mol. The number of nitrogens with one attached hydrogen (secondary N) is 1. The Morgan fingerprint density at radius 3 is 2.41 bits per heavy atom. The van der Waals surface area contributed by atoms with Gasteiger partial charge in [-0.2, -0.15) is 0 Å². The Kier molecular flexibility index (Phi) is 7.88. The van der Waals surface area contributed by atoms with Gasteiger partial charge in [-0.1, -0.05) is 48.0 Å². The predicted octanol–water partition coefficient (Wildman–Crippen LogP) is 3.97. The Bertz CT molecular complexity index is 1110. The summed E-state index contributed by atoms with van der Waals surface area (Å²) in [6.07, 6.45) is 0. The van der Waals surface area contributed by atoms with Crippen molar-refractivity contribution in [3.8, 4) is 0 Å². The van der Waals surface area contributed by atoms with E-state index in [1.54, 1.807) is 0 Å². The summed E-state index contributed by atoms with van der Waals surface area (Å²) in [6, 6.07) is 16.8. The number of amides is 2. The number of hydrogen-bond donors (Lipinski definition) is 2. The number of hydrazine groups is 1. The summed E-state index contributed by atoms with van der Waals surface area (Å²) in [6.45, 7) is -0.271. The molecule has 166 valence electrons. The number of nitrogen functional groups attached to an aromatic ring is 1. The van der Waals surface area contributed by atoms with Crippen LogP contribution in [0.15, 0.2) is 66.7 Å². The molecule has 0 aliphatic carbocycles. The van der Waals surface area contributed by atoms with E-state index in [1.807, 2.05) is 35.8 Å². The van der Waals surface area contributed by atoms with Crippen molar-refractivity contribution in [1.82, 2.24) is 5.43 Å². The van der Waals surface area contributed by atoms with Crippen LogP contribution >= 0.6 is 11.6 Å². The van der Waals surface area contributed by atoms with Gasteiger partial charge in [0.05, 0.1) is 18.2 Å². The molecule has 3 N–H and O–H groups in total. The number of ether oxygens (including phenoxy) is 1. The van der Waals surface area contributed by atoms with E-state index in [0.717, 1.165) is 17.7 Å². The van der Waals surface area contributed by atoms with E-state index in [0.29, 0.717) is 0 Å². The van der Waals surface area contributed by atoms with Crippen LogP contribution in [0, 0.1) is 11.6 Å². The van der Waals surface area contributed by atoms with Gasteiger partial charge in [-0.3, -0.25) is 15.0 Å². The topological polar surface area (TPSA) is 84.7 Å². The number of benzene rings is 3. The van der Waals surface area contributed by atoms with Crippen LogP contribution in [0.4, 0.5) is 14.5 Å². The SMILES string of the molecule is NNC(=O)c1ccc(CN(C(=O)COCc2ccccc2)c2ccc(F)c(Cl)c2)c(F)c1. The molecule has 32 heavy (non-hydrogen) atoms. The second-order valence-corrected chi connectivity index (χ2v) is 7.24. The fourth-order valence-electron chi connectivity index (χ4n) is 2.96. The molecule has 0 aliphatic rings. The average molecular weight is 460 g/mol. The van der Waals surface area contributed by atoms with Crippen molar-refractivity contribution in [2.24, 2.45) is 5.84 Å². The first kappa shape index (κ1) is 23.3. The summed E-state index contributed by atoms with van der Waals surface area (Å²) in [7, 11) is 0. The molecule has 0 heterocycles. The molecule has 3 rings (SSSR count). The van der Waals surface area contributed by atoms with Crippen LogP contribution in [-0.4, -0.2) is 18.4 Å². The largest absolute Gasteiger partial charge is 0.367 e. The first-order valence-electron chi connectivity index (χ1n) is 9.55. The zero-order valence-corrected chi connectivity index (χ0v) is 17.6. The van der Waals surface area contributed by atoms with Crippen molar-refractivity contribution in [2.45, 2.75) is 13.2 Å². The zero-order chi connectivity index (χ0) is 23.1. The lowest BCUT2D eigenvalue weighted by molar-refractivity contribution is -0.123. The molecule has 0 saturated heterocycles. The van der Waals surface area contributed by atoms with Crippen LogP contribution in [0.5, 0.6) is 0 Å². The highest BCUT2D eigenvalue weighted by molar-refractivity contribution is 6.31. The molecule has 0 fully saturated rings. The van der Waals surface area contributed by atoms with Gasteiger partial charge in [-0.05, 0) is 35.9 Å². The Morgan fingerprint density at radius 2 is 1.75 bits per heavy atom. The molecular weight excluding hydrogens is 440 g/mol. The van der Waals surface area contributed by atoms with Crippen molar-refractivity contribution in [3.63, 3.8) is 0 Å². The van der Waals surface area contributed by atoms with E-state index in [-0.39, 0.29) is 41.6 Å². The van der Waals surface area contributed by atoms with E-state index in [9.17, 15) is 18.4 Å². The maximum absolute atomic E-state index is 14.6. The first-order valence-corrected chi connectivity index (χ1v) is 9.93. The highest BCUT2D eigenvalue weighted by atomic mass is 35.5. The number of halogens is 3. The van der Waals surface area contributed by atoms with Crippen LogP contribution in [0.3, 0.4) is 0 Å². The summed E-state index contributed by atoms with van der Waals surface area (Å²) in [5, 5.41) is -0.180. The minimum Gasteiger partial charge on any atom is -0.367 e. The minimum atomic E-state index is -0.706. The molecule has 2 amide bonds. The molecule has 3 aromatic rings. The maximum atomic E-state index is 14.6. The second-order valence-electron chi connectivity index (χ2n) is 6.84. The fourth-order valence-corrected chi connectivity index (χ4v) is 3.13. The minimum absolute atomic E-state index is 0.0302. The van der Waals surface area contributed by atoms with Gasteiger partial charge in [-0.25, -0.2) is 14.6 Å². The van der Waals surface area contributed by atoms with Crippen molar-refractivity contribution in [2.75, 3.05) is 11.5 Å². The number of carbonyl (C=O) groups is 2. The summed E-state index contributed by atoms with van der Waals surface area (Å²) in [5.74, 6) is 2.59. The quantitative estimate of drug-likeness (QED) is 0.303. The van der Waals surface area contributed by atoms with E-state index in [2.05, 4.69) is 0 Å². The molecule has 0 spiro atoms. The molecule has 0 saturated carbocycles. The highest BCUT2D eigenvalue weighted by Crippen LogP contribution is 2.25. The maximum Gasteiger partial charge on any atom is 0.265 e. The van der Waals surface area contributed by atoms with E-state index < -0.39 is 23.4 Å². The smallest absolute Gasteiger partial charge is 0.265 e. The zero-order valence-electron chi connectivity index (χ0n) is 16.9. The third-order valence-corrected chi connectivity index (χ3v) is 4.92. The Labute approximate surface area is 188 Å². The molecule has 0 bridgehead atoms. The van der Waals surface area contributed by atoms with Gasteiger partial charge >= 0.3 is 0 Å². The molecule has 9 heteroatoms. The van der Waals surface area contributed by atoms with Crippen LogP contribution in [0.2, 0.25) is 5.02 Å². The number of nitrogens with two attached hydrogens (primary N) is 1. The van der Waals surface area contributed by atoms with Crippen LogP contribution in [0.25, 0.3) is 0 Å². The van der Waals surface area contributed by atoms with Crippen LogP contribution in [-0.2, 0) is 22.7 Å². The molecule has 0 unspecified atom stereocenters. The lowest BCUT2D eigenvalue weighted by atomic mass is 10.1. The number of anilines is 1. The lowest BCUT2D eigenvalue weighted by Gasteiger charge is -2.24. The third-order valence-electron chi connectivity index (χ3n) is 4.63. The number of hydrogen-bond acceptors (Lipinski definition) is 4. The Hall–Kier alpha value is -3.33. The van der Waals surface area contributed by atoms with E-state index >= 15 is 0 Å². The third kappa shape index (κ3) is 5.88. The predicted molar refractivity (Wildman–Crippen MR) is 117 cm³/mol. The van der Waals surface area contributed by atoms with Crippen molar-refractivity contribution in [1.29, 1.82) is 0 Å². The van der Waals surface area contributed by atoms with Crippen molar-refractivity contribution < 1.29 is 23.1 Å². The van der Waals surface area contributed by atoms with E-state index in [1.165, 1.54) is 29.2 Å². The molecule has 0 aromatic heterocycles. The molecule has 0 radical (unpaired) electrons. The summed E-state index contributed by atoms with van der Waals surface area (Å²) < 4.78 is 33.8. The molecular formula is C23H20ClF2N3O3. The molecule has 0 atom stereocenters. The summed E-state index contributed by atoms with van der Waals surface area (Å²) >= 11 is 5.88. The summed E-state index contributed by atoms with van der Waals surface area (Å²) in [5.41, 5.74) is 3.25. The van der Waals surface area contributed by atoms with Gasteiger partial charge in [0.25, 0.3) is 11.8 Å². The van der Waals surface area contributed by atoms with Gasteiger partial charge in [0, 0.05) is 16.8 Å². The van der Waals surface area contributed by atoms with Gasteiger partial charge in [0.15, 0.2) is 0 Å². The highest BCUT2D eigenvalue weighted by Gasteiger charge is 2.20. The average Bonchev–Trinajstić information content (AvgIpc) is 2.80. The molecule has 6 nitrogen and oxygen atoms in total. The van der Waals surface area contributed by atoms with Gasteiger partial charge < -0.3 is 9.64 Å². The Balaban J connectivity index is 1.81. The molecule has 3 aromatic carbocycles. The first-order chi connectivity index (χ1) is 15.4. The normalized spacial score (nSPS) is 10.6. The number of carbonyl (C=O) groups excluding carboxylic acids is 2. The lowest BCUT2D eigenvalue weighted by Crippen LogP contribution is -2.34. The van der Waals surface area contributed by atoms with Crippen LogP contribution < -0.4 is 16.2 Å². The van der Waals surface area contributed by atoms with Gasteiger partial charge in [-0.15, -0.1) is 0 Å². The summed E-state index contributed by atoms with van der Waals surface area (Å²) in [4.78, 5) is 25.8. The number of nitrogens with zero attached hydrogens (tertiary/aromatic N) is 1. The van der Waals surface area contributed by atoms with Crippen LogP contribution in [0.1, 0.15) is 21.5 Å². The van der Waals surface area contributed by atoms with Gasteiger partial charge in [0.2, 0.25) is 0 Å². The van der Waals surface area contributed by atoms with Gasteiger partial charge in [0.1, 0.15) is 18.2 Å². The van der Waals surface area contributed by atoms with E-state index in [4.69, 9.17) is 22.2 Å². The molecule has 0 aliphatic heterocycles. The second kappa shape index (κ2) is 10.8.